The number of halogens is 2. The first-order valence-electron chi connectivity index (χ1n) is 7.78. The first kappa shape index (κ1) is 18.2. The third-order valence-electron chi connectivity index (χ3n) is 4.27. The molecule has 0 bridgehead atoms. The van der Waals surface area contributed by atoms with Gasteiger partial charge in [-0.1, -0.05) is 18.2 Å². The van der Waals surface area contributed by atoms with Crippen LogP contribution in [0.5, 0.6) is 5.75 Å². The highest BCUT2D eigenvalue weighted by Gasteiger charge is 2.23. The maximum absolute atomic E-state index is 12.1. The lowest BCUT2D eigenvalue weighted by Crippen LogP contribution is -2.06. The van der Waals surface area contributed by atoms with Crippen molar-refractivity contribution in [2.45, 2.75) is 0 Å². The zero-order valence-corrected chi connectivity index (χ0v) is 17.8. The van der Waals surface area contributed by atoms with E-state index in [2.05, 4.69) is 0 Å². The number of phenolic OH excluding ortho intramolecular Hbond substituents is 1. The van der Waals surface area contributed by atoms with E-state index in [4.69, 9.17) is 4.42 Å². The van der Waals surface area contributed by atoms with Crippen molar-refractivity contribution in [2.24, 2.45) is 0 Å². The van der Waals surface area contributed by atoms with Crippen LogP contribution in [0.4, 0.5) is 0 Å². The molecule has 0 saturated carbocycles. The number of phenols is 1. The Balaban J connectivity index is 2.27. The molecular formula is C20H10I2O5. The Bertz CT molecular complexity index is 1260. The standard InChI is InChI=1S/C20H10I2O5/c21-13-5-11-17(7-15(13)23)27-18-8-16(24)14(22)6-12(18)19(11)9-3-1-2-4-10(9)20(25)26/h1-8,23H,(H,25,26). The lowest BCUT2D eigenvalue weighted by atomic mass is 9.91. The molecule has 1 aliphatic carbocycles. The molecule has 2 aliphatic rings. The smallest absolute Gasteiger partial charge is 0.336 e. The summed E-state index contributed by atoms with van der Waals surface area (Å²) in [5, 5.41) is 20.4. The summed E-state index contributed by atoms with van der Waals surface area (Å²) >= 11 is 3.96. The molecule has 1 aliphatic heterocycles. The highest BCUT2D eigenvalue weighted by atomic mass is 127. The van der Waals surface area contributed by atoms with E-state index in [1.165, 1.54) is 18.2 Å². The number of carboxylic acid groups (broad SMARTS) is 1. The number of rotatable bonds is 2. The number of carbonyl (C=O) groups is 1. The highest BCUT2D eigenvalue weighted by Crippen LogP contribution is 2.43. The highest BCUT2D eigenvalue weighted by molar-refractivity contribution is 14.1. The lowest BCUT2D eigenvalue weighted by molar-refractivity contribution is 0.0697. The quantitative estimate of drug-likeness (QED) is 0.251. The maximum atomic E-state index is 12.1. The van der Waals surface area contributed by atoms with Gasteiger partial charge in [0.1, 0.15) is 17.1 Å². The third-order valence-corrected chi connectivity index (χ3v) is 5.98. The topological polar surface area (TPSA) is 87.7 Å². The first-order valence-corrected chi connectivity index (χ1v) is 9.94. The van der Waals surface area contributed by atoms with Crippen LogP contribution in [0.3, 0.4) is 0 Å². The Kier molecular flexibility index (Phi) is 4.58. The second-order valence-corrected chi connectivity index (χ2v) is 8.23. The van der Waals surface area contributed by atoms with Crippen molar-refractivity contribution in [1.29, 1.82) is 0 Å². The van der Waals surface area contributed by atoms with Crippen LogP contribution in [-0.2, 0) is 0 Å². The van der Waals surface area contributed by atoms with Gasteiger partial charge in [0.25, 0.3) is 0 Å². The predicted molar refractivity (Wildman–Crippen MR) is 119 cm³/mol. The predicted octanol–water partition coefficient (Wildman–Crippen LogP) is 5.18. The van der Waals surface area contributed by atoms with E-state index in [0.717, 1.165) is 0 Å². The molecule has 27 heavy (non-hydrogen) atoms. The molecule has 1 heterocycles. The van der Waals surface area contributed by atoms with Gasteiger partial charge in [-0.2, -0.15) is 0 Å². The average Bonchev–Trinajstić information content (AvgIpc) is 2.63. The summed E-state index contributed by atoms with van der Waals surface area (Å²) < 4.78 is 6.99. The Morgan fingerprint density at radius 3 is 2.44 bits per heavy atom. The Hall–Kier alpha value is -2.14. The van der Waals surface area contributed by atoms with Crippen molar-refractivity contribution >= 4 is 62.1 Å². The van der Waals surface area contributed by atoms with Crippen molar-refractivity contribution in [1.82, 2.24) is 0 Å². The largest absolute Gasteiger partial charge is 0.507 e. The number of carboxylic acids is 1. The molecular weight excluding hydrogens is 574 g/mol. The Morgan fingerprint density at radius 1 is 0.963 bits per heavy atom. The summed E-state index contributed by atoms with van der Waals surface area (Å²) in [7, 11) is 0. The number of hydrogen-bond acceptors (Lipinski definition) is 4. The number of aromatic carboxylic acids is 1. The van der Waals surface area contributed by atoms with Crippen LogP contribution < -0.4 is 5.43 Å². The van der Waals surface area contributed by atoms with Crippen LogP contribution in [0.25, 0.3) is 33.4 Å². The van der Waals surface area contributed by atoms with Gasteiger partial charge in [-0.15, -0.1) is 0 Å². The molecule has 0 amide bonds. The summed E-state index contributed by atoms with van der Waals surface area (Å²) in [6, 6.07) is 13.0. The van der Waals surface area contributed by atoms with Gasteiger partial charge in [-0.05, 0) is 68.9 Å². The fourth-order valence-corrected chi connectivity index (χ4v) is 4.01. The summed E-state index contributed by atoms with van der Waals surface area (Å²) in [6.45, 7) is 0. The van der Waals surface area contributed by atoms with Gasteiger partial charge in [0.2, 0.25) is 0 Å². The maximum Gasteiger partial charge on any atom is 0.336 e. The van der Waals surface area contributed by atoms with Crippen LogP contribution in [0, 0.1) is 7.14 Å². The fraction of sp³-hybridized carbons (Fsp3) is 0. The molecule has 5 nitrogen and oxygen atoms in total. The van der Waals surface area contributed by atoms with E-state index in [-0.39, 0.29) is 16.7 Å². The monoisotopic (exact) mass is 584 g/mol. The van der Waals surface area contributed by atoms with Gasteiger partial charge in [-0.3, -0.25) is 4.79 Å². The van der Waals surface area contributed by atoms with Crippen molar-refractivity contribution in [3.63, 3.8) is 0 Å². The van der Waals surface area contributed by atoms with E-state index in [1.807, 2.05) is 45.2 Å². The van der Waals surface area contributed by atoms with Crippen LogP contribution in [0.1, 0.15) is 10.4 Å². The Morgan fingerprint density at radius 2 is 1.70 bits per heavy atom. The zero-order valence-electron chi connectivity index (χ0n) is 13.5. The molecule has 0 atom stereocenters. The van der Waals surface area contributed by atoms with Crippen LogP contribution >= 0.6 is 45.2 Å². The van der Waals surface area contributed by atoms with Gasteiger partial charge in [0.05, 0.1) is 12.7 Å². The summed E-state index contributed by atoms with van der Waals surface area (Å²) in [4.78, 5) is 23.9. The van der Waals surface area contributed by atoms with Crippen molar-refractivity contribution < 1.29 is 19.4 Å². The second kappa shape index (κ2) is 6.79. The summed E-state index contributed by atoms with van der Waals surface area (Å²) in [6.07, 6.45) is 0. The van der Waals surface area contributed by atoms with E-state index < -0.39 is 5.97 Å². The van der Waals surface area contributed by atoms with Crippen LogP contribution in [-0.4, -0.2) is 16.2 Å². The normalized spacial score (nSPS) is 11.2. The average molecular weight is 584 g/mol. The molecule has 0 spiro atoms. The first-order chi connectivity index (χ1) is 12.9. The van der Waals surface area contributed by atoms with Crippen molar-refractivity contribution in [2.75, 3.05) is 0 Å². The van der Waals surface area contributed by atoms with Crippen molar-refractivity contribution in [3.05, 3.63) is 71.5 Å². The number of hydrogen-bond donors (Lipinski definition) is 2. The Labute approximate surface area is 180 Å². The minimum Gasteiger partial charge on any atom is -0.507 e. The van der Waals surface area contributed by atoms with Crippen LogP contribution in [0.2, 0.25) is 0 Å². The third kappa shape index (κ3) is 3.08. The summed E-state index contributed by atoms with van der Waals surface area (Å²) in [5.74, 6) is -0.656. The molecule has 0 saturated heterocycles. The molecule has 2 aromatic rings. The van der Waals surface area contributed by atoms with Gasteiger partial charge >= 0.3 is 5.97 Å². The van der Waals surface area contributed by atoms with E-state index in [0.29, 0.717) is 40.6 Å². The fourth-order valence-electron chi connectivity index (χ4n) is 3.08. The number of benzene rings is 3. The number of aromatic hydroxyl groups is 1. The molecule has 4 rings (SSSR count). The zero-order chi connectivity index (χ0) is 19.3. The van der Waals surface area contributed by atoms with Gasteiger partial charge in [-0.25, -0.2) is 4.79 Å². The molecule has 0 aromatic heterocycles. The second-order valence-electron chi connectivity index (χ2n) is 5.91. The van der Waals surface area contributed by atoms with Crippen molar-refractivity contribution in [3.8, 4) is 28.2 Å². The number of fused-ring (bicyclic) bond motifs is 2. The molecule has 0 radical (unpaired) electrons. The van der Waals surface area contributed by atoms with Crippen LogP contribution in [0.15, 0.2) is 57.7 Å². The SMILES string of the molecule is O=C(O)c1ccccc1-c1c2cc(I)c(=O)cc-2oc2cc(O)c(I)cc12. The van der Waals surface area contributed by atoms with E-state index in [1.54, 1.807) is 30.3 Å². The molecule has 0 fully saturated rings. The van der Waals surface area contributed by atoms with E-state index in [9.17, 15) is 19.8 Å². The minimum atomic E-state index is -1.05. The molecule has 2 N–H and O–H groups in total. The molecule has 134 valence electrons. The van der Waals surface area contributed by atoms with Gasteiger partial charge < -0.3 is 14.6 Å². The van der Waals surface area contributed by atoms with E-state index >= 15 is 0 Å². The molecule has 2 aromatic carbocycles. The van der Waals surface area contributed by atoms with Gasteiger partial charge in [0, 0.05) is 28.6 Å². The summed E-state index contributed by atoms with van der Waals surface area (Å²) in [5.41, 5.74) is 2.15. The molecule has 0 unspecified atom stereocenters. The lowest BCUT2D eigenvalue weighted by Gasteiger charge is -2.17. The minimum absolute atomic E-state index is 0.0523. The van der Waals surface area contributed by atoms with Gasteiger partial charge in [0.15, 0.2) is 5.43 Å². The molecule has 7 heteroatoms.